The molecule has 27 heavy (non-hydrogen) atoms. The van der Waals surface area contributed by atoms with Gasteiger partial charge in [0.25, 0.3) is 0 Å². The first-order valence-electron chi connectivity index (χ1n) is 8.50. The molecule has 0 saturated heterocycles. The Morgan fingerprint density at radius 2 is 1.89 bits per heavy atom. The van der Waals surface area contributed by atoms with Gasteiger partial charge in [0.1, 0.15) is 6.54 Å². The van der Waals surface area contributed by atoms with Gasteiger partial charge in [-0.3, -0.25) is 9.36 Å². The molecule has 0 amide bonds. The molecule has 2 aromatic carbocycles. The van der Waals surface area contributed by atoms with Crippen LogP contribution >= 0.6 is 0 Å². The number of hydrogen-bond donors (Lipinski definition) is 0. The van der Waals surface area contributed by atoms with Crippen molar-refractivity contribution in [2.75, 3.05) is 13.7 Å². The molecule has 0 spiro atoms. The second kappa shape index (κ2) is 8.35. The number of oxazole rings is 1. The molecule has 0 atom stereocenters. The molecule has 1 aromatic heterocycles. The zero-order valence-electron chi connectivity index (χ0n) is 14.8. The Morgan fingerprint density at radius 1 is 1.11 bits per heavy atom. The first kappa shape index (κ1) is 18.4. The summed E-state index contributed by atoms with van der Waals surface area (Å²) in [5, 5.41) is 0. The number of carbonyl (C=O) groups excluding carboxylic acids is 2. The molecule has 0 aliphatic heterocycles. The molecule has 1 heterocycles. The number of carbonyl (C=O) groups is 2. The molecule has 0 bridgehead atoms. The summed E-state index contributed by atoms with van der Waals surface area (Å²) in [5.74, 6) is -1.75. The van der Waals surface area contributed by atoms with E-state index in [0.717, 1.165) is 6.42 Å². The van der Waals surface area contributed by atoms with Gasteiger partial charge in [0.2, 0.25) is 0 Å². The molecular weight excluding hydrogens is 350 g/mol. The fourth-order valence-corrected chi connectivity index (χ4v) is 2.74. The van der Waals surface area contributed by atoms with Crippen molar-refractivity contribution in [2.45, 2.75) is 19.4 Å². The number of rotatable bonds is 7. The smallest absolute Gasteiger partial charge is 0.420 e. The molecule has 0 aliphatic rings. The minimum Gasteiger partial charge on any atom is -0.465 e. The van der Waals surface area contributed by atoms with Gasteiger partial charge in [-0.15, -0.1) is 0 Å². The Kier molecular flexibility index (Phi) is 5.71. The van der Waals surface area contributed by atoms with Crippen molar-refractivity contribution in [3.05, 3.63) is 70.2 Å². The van der Waals surface area contributed by atoms with Gasteiger partial charge in [0, 0.05) is 0 Å². The van der Waals surface area contributed by atoms with Crippen LogP contribution in [-0.2, 0) is 27.2 Å². The Morgan fingerprint density at radius 3 is 2.63 bits per heavy atom. The van der Waals surface area contributed by atoms with E-state index >= 15 is 0 Å². The van der Waals surface area contributed by atoms with Crippen molar-refractivity contribution in [1.29, 1.82) is 0 Å². The minimum absolute atomic E-state index is 0.208. The molecular formula is C20H19NO6. The van der Waals surface area contributed by atoms with Crippen molar-refractivity contribution in [2.24, 2.45) is 0 Å². The third-order valence-electron chi connectivity index (χ3n) is 4.09. The maximum Gasteiger partial charge on any atom is 0.420 e. The van der Waals surface area contributed by atoms with Crippen LogP contribution in [0.25, 0.3) is 11.1 Å². The topological polar surface area (TPSA) is 87.7 Å². The summed E-state index contributed by atoms with van der Waals surface area (Å²) in [6.07, 6.45) is 1.50. The van der Waals surface area contributed by atoms with Crippen LogP contribution in [-0.4, -0.2) is 30.2 Å². The monoisotopic (exact) mass is 369 g/mol. The van der Waals surface area contributed by atoms with E-state index in [9.17, 15) is 14.4 Å². The second-order valence-electron chi connectivity index (χ2n) is 5.94. The highest BCUT2D eigenvalue weighted by atomic mass is 16.5. The van der Waals surface area contributed by atoms with Gasteiger partial charge in [-0.1, -0.05) is 30.3 Å². The van der Waals surface area contributed by atoms with Gasteiger partial charge in [0.05, 0.1) is 24.8 Å². The van der Waals surface area contributed by atoms with E-state index in [2.05, 4.69) is 4.74 Å². The predicted molar refractivity (Wildman–Crippen MR) is 97.5 cm³/mol. The van der Waals surface area contributed by atoms with E-state index in [1.54, 1.807) is 0 Å². The number of fused-ring (bicyclic) bond motifs is 1. The number of hydrogen-bond acceptors (Lipinski definition) is 6. The van der Waals surface area contributed by atoms with E-state index in [1.807, 2.05) is 30.3 Å². The van der Waals surface area contributed by atoms with Gasteiger partial charge in [0.15, 0.2) is 5.58 Å². The van der Waals surface area contributed by atoms with Crippen LogP contribution in [0.3, 0.4) is 0 Å². The van der Waals surface area contributed by atoms with Crippen molar-refractivity contribution in [1.82, 2.24) is 4.57 Å². The maximum absolute atomic E-state index is 12.0. The standard InChI is InChI=1S/C20H19NO6/c1-25-19(23)15-9-10-16-17(12-15)27-20(24)21(16)13-18(22)26-11-5-8-14-6-3-2-4-7-14/h2-4,6-7,9-10,12H,5,8,11,13H2,1H3. The summed E-state index contributed by atoms with van der Waals surface area (Å²) in [5.41, 5.74) is 2.05. The number of ether oxygens (including phenoxy) is 2. The highest BCUT2D eigenvalue weighted by Crippen LogP contribution is 2.16. The minimum atomic E-state index is -0.687. The molecule has 3 rings (SSSR count). The molecule has 7 heteroatoms. The summed E-state index contributed by atoms with van der Waals surface area (Å²) >= 11 is 0. The van der Waals surface area contributed by atoms with Crippen molar-refractivity contribution in [3.8, 4) is 0 Å². The van der Waals surface area contributed by atoms with Gasteiger partial charge in [-0.2, -0.15) is 0 Å². The quantitative estimate of drug-likeness (QED) is 0.470. The number of benzene rings is 2. The lowest BCUT2D eigenvalue weighted by molar-refractivity contribution is -0.144. The van der Waals surface area contributed by atoms with Crippen LogP contribution in [0.2, 0.25) is 0 Å². The molecule has 0 aliphatic carbocycles. The maximum atomic E-state index is 12.0. The molecule has 0 N–H and O–H groups in total. The lowest BCUT2D eigenvalue weighted by Crippen LogP contribution is -2.22. The zero-order chi connectivity index (χ0) is 19.2. The molecule has 3 aromatic rings. The summed E-state index contributed by atoms with van der Waals surface area (Å²) in [7, 11) is 1.27. The number of aromatic nitrogens is 1. The van der Waals surface area contributed by atoms with Crippen molar-refractivity contribution < 1.29 is 23.5 Å². The SMILES string of the molecule is COC(=O)c1ccc2c(c1)oc(=O)n2CC(=O)OCCCc1ccccc1. The lowest BCUT2D eigenvalue weighted by atomic mass is 10.1. The van der Waals surface area contributed by atoms with Crippen LogP contribution in [0.1, 0.15) is 22.3 Å². The van der Waals surface area contributed by atoms with E-state index in [4.69, 9.17) is 9.15 Å². The van der Waals surface area contributed by atoms with Gasteiger partial charge in [-0.05, 0) is 36.6 Å². The van der Waals surface area contributed by atoms with E-state index in [-0.39, 0.29) is 24.3 Å². The van der Waals surface area contributed by atoms with Gasteiger partial charge in [-0.25, -0.2) is 9.59 Å². The highest BCUT2D eigenvalue weighted by molar-refractivity contribution is 5.93. The molecule has 0 unspecified atom stereocenters. The fourth-order valence-electron chi connectivity index (χ4n) is 2.74. The molecule has 7 nitrogen and oxygen atoms in total. The first-order valence-corrected chi connectivity index (χ1v) is 8.50. The summed E-state index contributed by atoms with van der Waals surface area (Å²) in [4.78, 5) is 35.6. The Labute approximate surface area is 155 Å². The third kappa shape index (κ3) is 4.44. The van der Waals surface area contributed by atoms with Crippen LogP contribution < -0.4 is 5.76 Å². The first-order chi connectivity index (χ1) is 13.1. The summed E-state index contributed by atoms with van der Waals surface area (Å²) in [6.45, 7) is 0.0134. The largest absolute Gasteiger partial charge is 0.465 e. The predicted octanol–water partition coefficient (Wildman–Crippen LogP) is 2.56. The van der Waals surface area contributed by atoms with Gasteiger partial charge < -0.3 is 13.9 Å². The van der Waals surface area contributed by atoms with E-state index in [0.29, 0.717) is 11.9 Å². The van der Waals surface area contributed by atoms with Crippen LogP contribution in [0.4, 0.5) is 0 Å². The molecule has 0 radical (unpaired) electrons. The number of nitrogens with zero attached hydrogens (tertiary/aromatic N) is 1. The zero-order valence-corrected chi connectivity index (χ0v) is 14.8. The average molecular weight is 369 g/mol. The lowest BCUT2D eigenvalue weighted by Gasteiger charge is -2.06. The van der Waals surface area contributed by atoms with Crippen molar-refractivity contribution >= 4 is 23.0 Å². The Balaban J connectivity index is 1.60. The molecule has 0 saturated carbocycles. The van der Waals surface area contributed by atoms with Crippen LogP contribution in [0.15, 0.2) is 57.7 Å². The average Bonchev–Trinajstić information content (AvgIpc) is 3.00. The van der Waals surface area contributed by atoms with E-state index < -0.39 is 17.7 Å². The van der Waals surface area contributed by atoms with E-state index in [1.165, 1.54) is 35.4 Å². The summed E-state index contributed by atoms with van der Waals surface area (Å²) in [6, 6.07) is 14.4. The number of aryl methyl sites for hydroxylation is 1. The highest BCUT2D eigenvalue weighted by Gasteiger charge is 2.16. The third-order valence-corrected chi connectivity index (χ3v) is 4.09. The summed E-state index contributed by atoms with van der Waals surface area (Å²) < 4.78 is 16.1. The number of methoxy groups -OCH3 is 1. The molecule has 0 fully saturated rings. The van der Waals surface area contributed by atoms with Gasteiger partial charge >= 0.3 is 17.7 Å². The second-order valence-corrected chi connectivity index (χ2v) is 5.94. The fraction of sp³-hybridized carbons (Fsp3) is 0.250. The molecule has 140 valence electrons. The number of esters is 2. The normalized spacial score (nSPS) is 10.7. The van der Waals surface area contributed by atoms with Crippen molar-refractivity contribution in [3.63, 3.8) is 0 Å². The van der Waals surface area contributed by atoms with Crippen LogP contribution in [0.5, 0.6) is 0 Å². The van der Waals surface area contributed by atoms with Crippen LogP contribution in [0, 0.1) is 0 Å². The Bertz CT molecular complexity index is 1000. The Hall–Kier alpha value is -3.35.